The van der Waals surface area contributed by atoms with E-state index in [0.717, 1.165) is 65.8 Å². The lowest BCUT2D eigenvalue weighted by atomic mass is 9.78. The molecule has 8 rings (SSSR count). The summed E-state index contributed by atoms with van der Waals surface area (Å²) in [5.74, 6) is 0.735. The van der Waals surface area contributed by atoms with Crippen LogP contribution in [-0.2, 0) is 10.8 Å². The summed E-state index contributed by atoms with van der Waals surface area (Å²) in [4.78, 5) is 30.1. The Morgan fingerprint density at radius 1 is 0.556 bits per heavy atom. The molecular weight excluding hydrogens is 554 g/mol. The number of hydrogen-bond acceptors (Lipinski definition) is 3. The van der Waals surface area contributed by atoms with Crippen LogP contribution in [0.4, 0.5) is 0 Å². The summed E-state index contributed by atoms with van der Waals surface area (Å²) in [5, 5.41) is 11.6. The number of para-hydroxylation sites is 1. The fourth-order valence-corrected chi connectivity index (χ4v) is 7.94. The lowest BCUT2D eigenvalue weighted by Gasteiger charge is -2.29. The third kappa shape index (κ3) is 3.60. The average molecular weight is 594 g/mol. The number of hydrogen-bond donors (Lipinski definition) is 0. The molecule has 0 aliphatic carbocycles. The van der Waals surface area contributed by atoms with Gasteiger partial charge in [-0.2, -0.15) is 0 Å². The van der Waals surface area contributed by atoms with Crippen LogP contribution in [0.2, 0.25) is 0 Å². The van der Waals surface area contributed by atoms with Crippen molar-refractivity contribution in [2.45, 2.75) is 85.7 Å². The summed E-state index contributed by atoms with van der Waals surface area (Å²) >= 11 is 0. The van der Waals surface area contributed by atoms with Crippen LogP contribution in [0.15, 0.2) is 64.2 Å². The Kier molecular flexibility index (Phi) is 5.25. The highest BCUT2D eigenvalue weighted by Crippen LogP contribution is 2.53. The summed E-state index contributed by atoms with van der Waals surface area (Å²) in [6, 6.07) is 19.0. The standard InChI is InChI=1S/C41H39NO3/c1-20-18-24-32-30-22(20)16-14-21-15-17-23-28(45-41(8,9)10)19-25(33(32)31(23)29(21)30)35-34(24)37(43)42(38(35)44)36-26(39(2,3)4)12-11-13-27(36)40(5,6)7/h11-19H,1-10H3. The Morgan fingerprint density at radius 2 is 1.04 bits per heavy atom. The van der Waals surface area contributed by atoms with Crippen molar-refractivity contribution in [1.29, 1.82) is 0 Å². The van der Waals surface area contributed by atoms with Crippen molar-refractivity contribution in [2.24, 2.45) is 0 Å². The zero-order valence-electron chi connectivity index (χ0n) is 27.9. The molecule has 0 fully saturated rings. The van der Waals surface area contributed by atoms with Crippen molar-refractivity contribution in [3.05, 3.63) is 92.0 Å². The van der Waals surface area contributed by atoms with E-state index in [-0.39, 0.29) is 21.9 Å². The molecule has 0 spiro atoms. The van der Waals surface area contributed by atoms with Crippen LogP contribution in [0.25, 0.3) is 70.3 Å². The van der Waals surface area contributed by atoms with E-state index in [1.165, 1.54) is 20.7 Å². The van der Waals surface area contributed by atoms with Crippen LogP contribution >= 0.6 is 0 Å². The molecule has 0 radical (unpaired) electrons. The van der Waals surface area contributed by atoms with Crippen molar-refractivity contribution in [2.75, 3.05) is 0 Å². The van der Waals surface area contributed by atoms with Crippen molar-refractivity contribution in [1.82, 2.24) is 4.57 Å². The van der Waals surface area contributed by atoms with Crippen LogP contribution in [0.5, 0.6) is 5.75 Å². The molecule has 45 heavy (non-hydrogen) atoms. The van der Waals surface area contributed by atoms with Gasteiger partial charge < -0.3 is 4.74 Å². The first kappa shape index (κ1) is 28.1. The molecule has 0 unspecified atom stereocenters. The van der Waals surface area contributed by atoms with E-state index in [2.05, 4.69) is 97.0 Å². The number of fused-ring (bicyclic) bond motifs is 3. The topological polar surface area (TPSA) is 48.3 Å². The van der Waals surface area contributed by atoms with Gasteiger partial charge in [-0.3, -0.25) is 9.59 Å². The fraction of sp³-hybridized carbons (Fsp3) is 0.317. The summed E-state index contributed by atoms with van der Waals surface area (Å²) in [7, 11) is 0. The summed E-state index contributed by atoms with van der Waals surface area (Å²) in [6.45, 7) is 21.1. The smallest absolute Gasteiger partial charge is 0.266 e. The minimum atomic E-state index is -0.453. The fourth-order valence-electron chi connectivity index (χ4n) is 7.94. The van der Waals surface area contributed by atoms with Crippen molar-refractivity contribution in [3.8, 4) is 11.4 Å². The quantitative estimate of drug-likeness (QED) is 0.187. The van der Waals surface area contributed by atoms with E-state index in [1.54, 1.807) is 0 Å². The van der Waals surface area contributed by atoms with Crippen molar-refractivity contribution in [3.63, 3.8) is 0 Å². The van der Waals surface area contributed by atoms with Gasteiger partial charge in [0.25, 0.3) is 11.1 Å². The minimum Gasteiger partial charge on any atom is -0.487 e. The van der Waals surface area contributed by atoms with Crippen LogP contribution in [0.1, 0.15) is 79.0 Å². The largest absolute Gasteiger partial charge is 0.487 e. The zero-order valence-corrected chi connectivity index (χ0v) is 27.9. The third-order valence-corrected chi connectivity index (χ3v) is 9.72. The lowest BCUT2D eigenvalue weighted by molar-refractivity contribution is 0.133. The van der Waals surface area contributed by atoms with E-state index in [1.807, 2.05) is 26.8 Å². The maximum Gasteiger partial charge on any atom is 0.266 e. The van der Waals surface area contributed by atoms with Gasteiger partial charge in [-0.1, -0.05) is 77.9 Å². The Hall–Kier alpha value is -4.44. The van der Waals surface area contributed by atoms with Crippen LogP contribution < -0.4 is 15.9 Å². The van der Waals surface area contributed by atoms with Gasteiger partial charge >= 0.3 is 0 Å². The number of aromatic nitrogens is 1. The molecule has 0 aliphatic heterocycles. The van der Waals surface area contributed by atoms with Gasteiger partial charge in [0.05, 0.1) is 16.5 Å². The third-order valence-electron chi connectivity index (χ3n) is 9.72. The van der Waals surface area contributed by atoms with Gasteiger partial charge in [-0.15, -0.1) is 0 Å². The van der Waals surface area contributed by atoms with Gasteiger partial charge in [0.2, 0.25) is 0 Å². The van der Waals surface area contributed by atoms with Gasteiger partial charge in [-0.05, 0) is 111 Å². The SMILES string of the molecule is Cc1cc2c3c(=O)n(-c4c(C(C)(C)C)cccc4C(C)(C)C)c(=O)c3c3cc(OC(C)(C)C)c4ccc5ccc1c1c5c4c3c21. The van der Waals surface area contributed by atoms with E-state index in [9.17, 15) is 0 Å². The molecule has 1 aromatic heterocycles. The number of benzene rings is 6. The maximum absolute atomic E-state index is 15.1. The number of aryl methyl sites for hydroxylation is 1. The second kappa shape index (κ2) is 8.42. The maximum atomic E-state index is 15.1. The summed E-state index contributed by atoms with van der Waals surface area (Å²) < 4.78 is 8.12. The van der Waals surface area contributed by atoms with Gasteiger partial charge in [0, 0.05) is 16.2 Å². The van der Waals surface area contributed by atoms with Gasteiger partial charge in [0.15, 0.2) is 0 Å². The second-order valence-corrected chi connectivity index (χ2v) is 16.1. The van der Waals surface area contributed by atoms with Crippen LogP contribution in [0.3, 0.4) is 0 Å². The molecule has 8 aromatic rings. The Balaban J connectivity index is 1.68. The van der Waals surface area contributed by atoms with Crippen molar-refractivity contribution < 1.29 is 4.74 Å². The second-order valence-electron chi connectivity index (χ2n) is 16.1. The predicted octanol–water partition coefficient (Wildman–Crippen LogP) is 9.95. The molecule has 0 aliphatic rings. The van der Waals surface area contributed by atoms with Gasteiger partial charge in [-0.25, -0.2) is 4.57 Å². The molecule has 1 heterocycles. The zero-order chi connectivity index (χ0) is 32.1. The highest BCUT2D eigenvalue weighted by atomic mass is 16.5. The molecule has 0 N–H and O–H groups in total. The summed E-state index contributed by atoms with van der Waals surface area (Å²) in [5.41, 5.74) is 2.23. The molecule has 0 atom stereocenters. The Bertz CT molecular complexity index is 2570. The number of rotatable bonds is 2. The highest BCUT2D eigenvalue weighted by Gasteiger charge is 2.33. The summed E-state index contributed by atoms with van der Waals surface area (Å²) in [6.07, 6.45) is 0. The lowest BCUT2D eigenvalue weighted by Crippen LogP contribution is -2.31. The predicted molar refractivity (Wildman–Crippen MR) is 191 cm³/mol. The normalized spacial score (nSPS) is 13.7. The van der Waals surface area contributed by atoms with E-state index < -0.39 is 5.60 Å². The van der Waals surface area contributed by atoms with E-state index in [4.69, 9.17) is 4.74 Å². The minimum absolute atomic E-state index is 0.251. The number of nitrogens with zero attached hydrogens (tertiary/aromatic N) is 1. The van der Waals surface area contributed by atoms with Crippen LogP contribution in [0, 0.1) is 6.92 Å². The van der Waals surface area contributed by atoms with Gasteiger partial charge in [0.1, 0.15) is 11.4 Å². The first-order valence-electron chi connectivity index (χ1n) is 16.0. The molecule has 0 saturated heterocycles. The molecule has 0 amide bonds. The molecular formula is C41H39NO3. The molecule has 4 heteroatoms. The monoisotopic (exact) mass is 593 g/mol. The van der Waals surface area contributed by atoms with Crippen LogP contribution in [-0.4, -0.2) is 10.2 Å². The molecule has 4 nitrogen and oxygen atoms in total. The molecule has 0 saturated carbocycles. The number of ether oxygens (including phenoxy) is 1. The Morgan fingerprint density at radius 3 is 1.58 bits per heavy atom. The average Bonchev–Trinajstić information content (AvgIpc) is 3.42. The van der Waals surface area contributed by atoms with E-state index >= 15 is 9.59 Å². The van der Waals surface area contributed by atoms with E-state index in [0.29, 0.717) is 10.8 Å². The molecule has 226 valence electrons. The molecule has 0 bridgehead atoms. The Labute approximate surface area is 262 Å². The molecule has 7 aromatic carbocycles. The van der Waals surface area contributed by atoms with Crippen molar-refractivity contribution >= 4 is 64.6 Å². The first-order valence-corrected chi connectivity index (χ1v) is 16.0. The highest BCUT2D eigenvalue weighted by molar-refractivity contribution is 6.48. The first-order chi connectivity index (χ1) is 21.0.